The van der Waals surface area contributed by atoms with E-state index in [1.54, 1.807) is 27.7 Å². The molecule has 1 atom stereocenters. The topological polar surface area (TPSA) is 84.9 Å². The summed E-state index contributed by atoms with van der Waals surface area (Å²) in [7, 11) is 0. The van der Waals surface area contributed by atoms with Gasteiger partial charge in [0.15, 0.2) is 0 Å². The Morgan fingerprint density at radius 1 is 1.28 bits per heavy atom. The molecule has 1 aliphatic heterocycles. The number of rotatable bonds is 4. The molecule has 0 radical (unpaired) electrons. The zero-order chi connectivity index (χ0) is 18.9. The Hall–Kier alpha value is -2.05. The van der Waals surface area contributed by atoms with E-state index >= 15 is 0 Å². The molecule has 142 valence electrons. The second-order valence-corrected chi connectivity index (χ2v) is 6.97. The van der Waals surface area contributed by atoms with Crippen LogP contribution in [0.15, 0.2) is 12.2 Å². The van der Waals surface area contributed by atoms with Crippen LogP contribution in [0.2, 0.25) is 0 Å². The number of carbonyl (C=O) groups excluding carboxylic acids is 3. The Labute approximate surface area is 149 Å². The van der Waals surface area contributed by atoms with Gasteiger partial charge in [-0.2, -0.15) is 0 Å². The van der Waals surface area contributed by atoms with Gasteiger partial charge in [-0.05, 0) is 53.4 Å². The van der Waals surface area contributed by atoms with Crippen molar-refractivity contribution >= 4 is 18.0 Å². The summed E-state index contributed by atoms with van der Waals surface area (Å²) in [5.41, 5.74) is -0.649. The fourth-order valence-electron chi connectivity index (χ4n) is 2.44. The van der Waals surface area contributed by atoms with E-state index in [-0.39, 0.29) is 19.1 Å². The van der Waals surface area contributed by atoms with Gasteiger partial charge in [-0.3, -0.25) is 9.59 Å². The third-order valence-corrected chi connectivity index (χ3v) is 3.51. The Kier molecular flexibility index (Phi) is 8.45. The van der Waals surface area contributed by atoms with Crippen molar-refractivity contribution in [2.24, 2.45) is 0 Å². The maximum Gasteiger partial charge on any atom is 0.408 e. The average molecular weight is 354 g/mol. The largest absolute Gasteiger partial charge is 0.465 e. The van der Waals surface area contributed by atoms with Crippen molar-refractivity contribution < 1.29 is 23.9 Å². The lowest BCUT2D eigenvalue weighted by atomic mass is 10.1. The smallest absolute Gasteiger partial charge is 0.408 e. The Balaban J connectivity index is 2.84. The van der Waals surface area contributed by atoms with Gasteiger partial charge in [0.1, 0.15) is 18.2 Å². The molecule has 0 aromatic heterocycles. The van der Waals surface area contributed by atoms with Gasteiger partial charge >= 0.3 is 12.1 Å². The third-order valence-electron chi connectivity index (χ3n) is 3.51. The Bertz CT molecular complexity index is 496. The van der Waals surface area contributed by atoms with Crippen LogP contribution in [0, 0.1) is 0 Å². The highest BCUT2D eigenvalue weighted by molar-refractivity contribution is 5.88. The van der Waals surface area contributed by atoms with Gasteiger partial charge < -0.3 is 19.7 Å². The SMILES string of the molecule is CCOC(=O)CN1CCCC/C=C\C[C@H](NC(=O)OC(C)(C)C)C1=O. The quantitative estimate of drug-likeness (QED) is 0.619. The summed E-state index contributed by atoms with van der Waals surface area (Å²) in [5, 5.41) is 2.62. The molecule has 1 heterocycles. The molecule has 25 heavy (non-hydrogen) atoms. The third kappa shape index (κ3) is 8.56. The van der Waals surface area contributed by atoms with Gasteiger partial charge in [-0.1, -0.05) is 12.2 Å². The number of ether oxygens (including phenoxy) is 2. The monoisotopic (exact) mass is 354 g/mol. The molecule has 0 aromatic carbocycles. The second-order valence-electron chi connectivity index (χ2n) is 6.97. The van der Waals surface area contributed by atoms with Crippen LogP contribution in [-0.2, 0) is 19.1 Å². The lowest BCUT2D eigenvalue weighted by molar-refractivity contribution is -0.149. The summed E-state index contributed by atoms with van der Waals surface area (Å²) >= 11 is 0. The molecule has 1 aliphatic rings. The highest BCUT2D eigenvalue weighted by Crippen LogP contribution is 2.11. The fraction of sp³-hybridized carbons (Fsp3) is 0.722. The molecule has 0 unspecified atom stereocenters. The molecule has 0 bridgehead atoms. The lowest BCUT2D eigenvalue weighted by Gasteiger charge is -2.28. The van der Waals surface area contributed by atoms with Crippen molar-refractivity contribution in [1.29, 1.82) is 0 Å². The minimum Gasteiger partial charge on any atom is -0.465 e. The summed E-state index contributed by atoms with van der Waals surface area (Å²) in [6, 6.07) is -0.765. The van der Waals surface area contributed by atoms with E-state index < -0.39 is 23.7 Å². The van der Waals surface area contributed by atoms with E-state index in [4.69, 9.17) is 9.47 Å². The van der Waals surface area contributed by atoms with Crippen LogP contribution < -0.4 is 5.32 Å². The number of esters is 1. The molecule has 1 rings (SSSR count). The minimum atomic E-state index is -0.765. The van der Waals surface area contributed by atoms with Gasteiger partial charge in [-0.25, -0.2) is 4.79 Å². The summed E-state index contributed by atoms with van der Waals surface area (Å²) < 4.78 is 10.2. The van der Waals surface area contributed by atoms with E-state index in [0.717, 1.165) is 19.3 Å². The van der Waals surface area contributed by atoms with Crippen LogP contribution >= 0.6 is 0 Å². The molecule has 0 saturated heterocycles. The molecular formula is C18H30N2O5. The van der Waals surface area contributed by atoms with Gasteiger partial charge in [0.05, 0.1) is 6.61 Å². The first-order valence-corrected chi connectivity index (χ1v) is 8.82. The van der Waals surface area contributed by atoms with E-state index in [1.807, 2.05) is 12.2 Å². The molecular weight excluding hydrogens is 324 g/mol. The maximum absolute atomic E-state index is 12.8. The number of alkyl carbamates (subject to hydrolysis) is 1. The zero-order valence-electron chi connectivity index (χ0n) is 15.7. The van der Waals surface area contributed by atoms with E-state index in [2.05, 4.69) is 5.32 Å². The van der Waals surface area contributed by atoms with Crippen LogP contribution in [0.25, 0.3) is 0 Å². The van der Waals surface area contributed by atoms with Crippen molar-refractivity contribution in [3.8, 4) is 0 Å². The minimum absolute atomic E-state index is 0.108. The molecule has 0 fully saturated rings. The predicted octanol–water partition coefficient (Wildman–Crippen LogP) is 2.40. The first-order valence-electron chi connectivity index (χ1n) is 8.82. The molecule has 0 aliphatic carbocycles. The Morgan fingerprint density at radius 2 is 2.00 bits per heavy atom. The fourth-order valence-corrected chi connectivity index (χ4v) is 2.44. The van der Waals surface area contributed by atoms with Crippen molar-refractivity contribution in [2.45, 2.75) is 65.0 Å². The number of allylic oxidation sites excluding steroid dienone is 1. The van der Waals surface area contributed by atoms with Crippen LogP contribution in [0.4, 0.5) is 4.79 Å². The number of hydrogen-bond acceptors (Lipinski definition) is 5. The molecule has 7 nitrogen and oxygen atoms in total. The van der Waals surface area contributed by atoms with Crippen LogP contribution in [0.5, 0.6) is 0 Å². The van der Waals surface area contributed by atoms with Crippen LogP contribution in [-0.4, -0.2) is 54.2 Å². The molecule has 7 heteroatoms. The number of hydrogen-bond donors (Lipinski definition) is 1. The summed E-state index contributed by atoms with van der Waals surface area (Å²) in [6.45, 7) is 7.61. The van der Waals surface area contributed by atoms with E-state index in [1.165, 1.54) is 4.90 Å². The van der Waals surface area contributed by atoms with E-state index in [0.29, 0.717) is 13.0 Å². The van der Waals surface area contributed by atoms with Gasteiger partial charge in [0.25, 0.3) is 0 Å². The van der Waals surface area contributed by atoms with Gasteiger partial charge in [0, 0.05) is 6.54 Å². The summed E-state index contributed by atoms with van der Waals surface area (Å²) in [5.74, 6) is -0.745. The summed E-state index contributed by atoms with van der Waals surface area (Å²) in [6.07, 6.45) is 6.23. The normalized spacial score (nSPS) is 20.6. The van der Waals surface area contributed by atoms with Crippen molar-refractivity contribution in [3.05, 3.63) is 12.2 Å². The highest BCUT2D eigenvalue weighted by Gasteiger charge is 2.28. The molecule has 0 aromatic rings. The van der Waals surface area contributed by atoms with E-state index in [9.17, 15) is 14.4 Å². The number of nitrogens with zero attached hydrogens (tertiary/aromatic N) is 1. The van der Waals surface area contributed by atoms with Crippen molar-refractivity contribution in [1.82, 2.24) is 10.2 Å². The first kappa shape index (κ1) is 21.0. The molecule has 1 N–H and O–H groups in total. The molecule has 0 saturated carbocycles. The van der Waals surface area contributed by atoms with Gasteiger partial charge in [0.2, 0.25) is 5.91 Å². The predicted molar refractivity (Wildman–Crippen MR) is 94.0 cm³/mol. The zero-order valence-corrected chi connectivity index (χ0v) is 15.7. The van der Waals surface area contributed by atoms with Gasteiger partial charge in [-0.15, -0.1) is 0 Å². The standard InChI is InChI=1S/C18H30N2O5/c1-5-24-15(21)13-20-12-10-8-6-7-9-11-14(16(20)22)19-17(23)25-18(2,3)4/h7,9,14H,5-6,8,10-13H2,1-4H3,(H,19,23)/b9-7-/t14-/m0/s1. The average Bonchev–Trinajstić information content (AvgIpc) is 2.49. The second kappa shape index (κ2) is 10.1. The van der Waals surface area contributed by atoms with Crippen LogP contribution in [0.1, 0.15) is 53.4 Å². The van der Waals surface area contributed by atoms with Crippen molar-refractivity contribution in [3.63, 3.8) is 0 Å². The number of nitrogens with one attached hydrogen (secondary N) is 1. The maximum atomic E-state index is 12.8. The number of amides is 2. The van der Waals surface area contributed by atoms with Crippen LogP contribution in [0.3, 0.4) is 0 Å². The summed E-state index contributed by atoms with van der Waals surface area (Å²) in [4.78, 5) is 38.1. The molecule has 0 spiro atoms. The number of carbonyl (C=O) groups is 3. The van der Waals surface area contributed by atoms with Crippen molar-refractivity contribution in [2.75, 3.05) is 19.7 Å². The highest BCUT2D eigenvalue weighted by atomic mass is 16.6. The molecule has 2 amide bonds. The Morgan fingerprint density at radius 3 is 2.64 bits per heavy atom. The lowest BCUT2D eigenvalue weighted by Crippen LogP contribution is -2.51. The first-order chi connectivity index (χ1) is 11.7.